The fraction of sp³-hybridized carbons (Fsp3) is 0.350. The van der Waals surface area contributed by atoms with E-state index in [0.29, 0.717) is 35.5 Å². The largest absolute Gasteiger partial charge is 0.507 e. The predicted octanol–water partition coefficient (Wildman–Crippen LogP) is 4.05. The number of rotatable bonds is 3. The summed E-state index contributed by atoms with van der Waals surface area (Å²) in [4.78, 5) is 4.11. The topological polar surface area (TPSA) is 91.2 Å². The van der Waals surface area contributed by atoms with E-state index < -0.39 is 23.1 Å². The fourth-order valence-electron chi connectivity index (χ4n) is 3.83. The first kappa shape index (κ1) is 19.4. The fourth-order valence-corrected chi connectivity index (χ4v) is 3.83. The number of phenols is 1. The quantitative estimate of drug-likeness (QED) is 0.610. The van der Waals surface area contributed by atoms with Gasteiger partial charge in [-0.1, -0.05) is 0 Å². The third-order valence-electron chi connectivity index (χ3n) is 5.17. The number of hydrogen-bond donors (Lipinski definition) is 3. The average molecular weight is 404 g/mol. The van der Waals surface area contributed by atoms with Gasteiger partial charge >= 0.3 is 6.18 Å². The lowest BCUT2D eigenvalue weighted by molar-refractivity contribution is -0.137. The minimum Gasteiger partial charge on any atom is -0.507 e. The molecular weight excluding hydrogens is 385 g/mol. The second kappa shape index (κ2) is 6.55. The van der Waals surface area contributed by atoms with Crippen molar-refractivity contribution in [3.05, 3.63) is 41.7 Å². The molecule has 9 heteroatoms. The number of nitrogens with zero attached hydrogens (tertiary/aromatic N) is 3. The van der Waals surface area contributed by atoms with Gasteiger partial charge in [0.2, 0.25) is 0 Å². The van der Waals surface area contributed by atoms with Crippen LogP contribution in [0, 0.1) is 6.92 Å². The van der Waals surface area contributed by atoms with Crippen molar-refractivity contribution in [2.45, 2.75) is 44.5 Å². The second-order valence-electron chi connectivity index (χ2n) is 7.75. The van der Waals surface area contributed by atoms with Gasteiger partial charge in [-0.05, 0) is 50.5 Å². The monoisotopic (exact) mass is 404 g/mol. The zero-order valence-corrected chi connectivity index (χ0v) is 15.7. The summed E-state index contributed by atoms with van der Waals surface area (Å²) in [7, 11) is 0. The highest BCUT2D eigenvalue weighted by Crippen LogP contribution is 2.41. The summed E-state index contributed by atoms with van der Waals surface area (Å²) in [6.45, 7) is 3.25. The summed E-state index contributed by atoms with van der Waals surface area (Å²) >= 11 is 0. The molecule has 1 aliphatic carbocycles. The van der Waals surface area contributed by atoms with Gasteiger partial charge in [0.25, 0.3) is 0 Å². The lowest BCUT2D eigenvalue weighted by Crippen LogP contribution is -2.48. The highest BCUT2D eigenvalue weighted by molar-refractivity contribution is 6.01. The molecule has 1 aliphatic rings. The van der Waals surface area contributed by atoms with Crippen LogP contribution < -0.4 is 5.32 Å². The Bertz CT molecular complexity index is 1070. The number of aromatic hydroxyl groups is 1. The van der Waals surface area contributed by atoms with Crippen molar-refractivity contribution >= 4 is 16.6 Å². The Kier molecular flexibility index (Phi) is 4.38. The van der Waals surface area contributed by atoms with Gasteiger partial charge in [0.15, 0.2) is 5.82 Å². The van der Waals surface area contributed by atoms with Gasteiger partial charge in [0.1, 0.15) is 11.4 Å². The number of fused-ring (bicyclic) bond motifs is 1. The van der Waals surface area contributed by atoms with E-state index in [1.165, 1.54) is 6.92 Å². The average Bonchev–Trinajstić information content (AvgIpc) is 2.60. The molecule has 0 saturated heterocycles. The number of alkyl halides is 3. The van der Waals surface area contributed by atoms with Crippen LogP contribution in [-0.4, -0.2) is 37.0 Å². The Hall–Kier alpha value is -2.94. The van der Waals surface area contributed by atoms with Crippen LogP contribution >= 0.6 is 0 Å². The van der Waals surface area contributed by atoms with Crippen molar-refractivity contribution in [3.8, 4) is 17.0 Å². The molecule has 0 aliphatic heterocycles. The Balaban J connectivity index is 1.79. The maximum absolute atomic E-state index is 13.0. The molecule has 0 unspecified atom stereocenters. The minimum atomic E-state index is -4.56. The number of aliphatic hydroxyl groups is 1. The van der Waals surface area contributed by atoms with Crippen molar-refractivity contribution < 1.29 is 23.4 Å². The molecule has 0 radical (unpaired) electrons. The molecule has 4 rings (SSSR count). The summed E-state index contributed by atoms with van der Waals surface area (Å²) in [6.07, 6.45) is -0.296. The zero-order chi connectivity index (χ0) is 21.0. The Labute approximate surface area is 164 Å². The molecule has 6 nitrogen and oxygen atoms in total. The number of pyridine rings is 1. The van der Waals surface area contributed by atoms with Crippen LogP contribution in [0.1, 0.15) is 30.9 Å². The maximum atomic E-state index is 13.0. The van der Waals surface area contributed by atoms with Crippen molar-refractivity contribution in [3.63, 3.8) is 0 Å². The van der Waals surface area contributed by atoms with E-state index in [0.717, 1.165) is 6.07 Å². The lowest BCUT2D eigenvalue weighted by atomic mass is 9.77. The first-order chi connectivity index (χ1) is 13.5. The van der Waals surface area contributed by atoms with E-state index in [1.807, 2.05) is 0 Å². The second-order valence-corrected chi connectivity index (χ2v) is 7.75. The van der Waals surface area contributed by atoms with Crippen molar-refractivity contribution in [1.29, 1.82) is 0 Å². The van der Waals surface area contributed by atoms with E-state index in [2.05, 4.69) is 20.5 Å². The van der Waals surface area contributed by atoms with Crippen molar-refractivity contribution in [2.75, 3.05) is 5.32 Å². The summed E-state index contributed by atoms with van der Waals surface area (Å²) in [5.41, 5.74) is -0.925. The Morgan fingerprint density at radius 2 is 1.90 bits per heavy atom. The van der Waals surface area contributed by atoms with Crippen LogP contribution in [0.4, 0.5) is 19.0 Å². The van der Waals surface area contributed by atoms with Crippen molar-refractivity contribution in [2.24, 2.45) is 0 Å². The van der Waals surface area contributed by atoms with Gasteiger partial charge in [-0.25, -0.2) is 0 Å². The Morgan fingerprint density at radius 1 is 1.17 bits per heavy atom. The molecule has 2 aromatic heterocycles. The van der Waals surface area contributed by atoms with Gasteiger partial charge < -0.3 is 15.5 Å². The molecule has 3 aromatic rings. The number of hydrogen-bond acceptors (Lipinski definition) is 6. The Morgan fingerprint density at radius 3 is 2.52 bits per heavy atom. The lowest BCUT2D eigenvalue weighted by Gasteiger charge is -2.41. The van der Waals surface area contributed by atoms with E-state index in [9.17, 15) is 23.4 Å². The molecule has 1 fully saturated rings. The highest BCUT2D eigenvalue weighted by Gasteiger charge is 2.39. The molecule has 0 spiro atoms. The van der Waals surface area contributed by atoms with Crippen LogP contribution in [0.5, 0.6) is 5.75 Å². The van der Waals surface area contributed by atoms with E-state index >= 15 is 0 Å². The van der Waals surface area contributed by atoms with Gasteiger partial charge in [-0.15, -0.1) is 10.2 Å². The highest BCUT2D eigenvalue weighted by atomic mass is 19.4. The molecule has 29 heavy (non-hydrogen) atoms. The molecule has 2 heterocycles. The van der Waals surface area contributed by atoms with Crippen LogP contribution in [0.15, 0.2) is 30.6 Å². The molecule has 1 saturated carbocycles. The van der Waals surface area contributed by atoms with Crippen molar-refractivity contribution in [1.82, 2.24) is 15.2 Å². The summed E-state index contributed by atoms with van der Waals surface area (Å²) in [5.74, 6) is -0.0399. The maximum Gasteiger partial charge on any atom is 0.416 e. The van der Waals surface area contributed by atoms with Crippen LogP contribution in [0.3, 0.4) is 0 Å². The molecular formula is C20H19F3N4O2. The van der Waals surface area contributed by atoms with Gasteiger partial charge in [0, 0.05) is 34.8 Å². The molecule has 0 atom stereocenters. The standard InChI is InChI=1S/C20H19F3N4O2/c1-10-5-11(20(21,22)23)6-15(28)16(10)17-13-3-4-24-9-14(13)18(27-26-17)25-12-7-19(2,29)8-12/h3-6,9,12,28-29H,7-8H2,1-2H3,(H,25,27)/t12-,19+. The third-order valence-corrected chi connectivity index (χ3v) is 5.17. The van der Waals surface area contributed by atoms with E-state index in [-0.39, 0.29) is 22.9 Å². The molecule has 1 aromatic carbocycles. The smallest absolute Gasteiger partial charge is 0.416 e. The molecule has 152 valence electrons. The van der Waals surface area contributed by atoms with Gasteiger partial charge in [0.05, 0.1) is 11.2 Å². The molecule has 3 N–H and O–H groups in total. The van der Waals surface area contributed by atoms with Gasteiger partial charge in [-0.2, -0.15) is 13.2 Å². The first-order valence-corrected chi connectivity index (χ1v) is 9.06. The number of aromatic nitrogens is 3. The number of nitrogens with one attached hydrogen (secondary N) is 1. The van der Waals surface area contributed by atoms with Crippen LogP contribution in [-0.2, 0) is 6.18 Å². The number of aryl methyl sites for hydroxylation is 1. The number of phenolic OH excluding ortho intramolecular Hbond substituents is 1. The number of halogens is 3. The molecule has 0 amide bonds. The van der Waals surface area contributed by atoms with Crippen LogP contribution in [0.25, 0.3) is 22.0 Å². The predicted molar refractivity (Wildman–Crippen MR) is 101 cm³/mol. The molecule has 0 bridgehead atoms. The normalized spacial score (nSPS) is 21.8. The number of benzene rings is 1. The minimum absolute atomic E-state index is 0.0368. The zero-order valence-electron chi connectivity index (χ0n) is 15.7. The van der Waals surface area contributed by atoms with E-state index in [4.69, 9.17) is 0 Å². The van der Waals surface area contributed by atoms with E-state index in [1.54, 1.807) is 25.4 Å². The van der Waals surface area contributed by atoms with Gasteiger partial charge in [-0.3, -0.25) is 4.98 Å². The third kappa shape index (κ3) is 3.57. The number of anilines is 1. The SMILES string of the molecule is Cc1cc(C(F)(F)F)cc(O)c1-c1nnc(N[C@H]2C[C@@](C)(O)C2)c2cnccc12. The van der Waals surface area contributed by atoms with Crippen LogP contribution in [0.2, 0.25) is 0 Å². The summed E-state index contributed by atoms with van der Waals surface area (Å²) in [6, 6.07) is 3.39. The first-order valence-electron chi connectivity index (χ1n) is 9.06. The summed E-state index contributed by atoms with van der Waals surface area (Å²) in [5, 5.41) is 33.1. The summed E-state index contributed by atoms with van der Waals surface area (Å²) < 4.78 is 39.1.